The minimum absolute atomic E-state index is 0.0352. The van der Waals surface area contributed by atoms with E-state index in [1.165, 1.54) is 12.1 Å². The fraction of sp³-hybridized carbons (Fsp3) is 0.500. The summed E-state index contributed by atoms with van der Waals surface area (Å²) in [4.78, 5) is 23.9. The Labute approximate surface area is 299 Å². The molecule has 13 heteroatoms. The zero-order valence-electron chi connectivity index (χ0n) is 31.2. The van der Waals surface area contributed by atoms with E-state index < -0.39 is 6.36 Å². The molecule has 2 heterocycles. The molecule has 0 aliphatic heterocycles. The van der Waals surface area contributed by atoms with Crippen molar-refractivity contribution < 1.29 is 17.9 Å². The van der Waals surface area contributed by atoms with E-state index in [0.29, 0.717) is 18.6 Å². The lowest BCUT2D eigenvalue weighted by Crippen LogP contribution is -2.31. The number of guanidine groups is 1. The number of benzene rings is 2. The summed E-state index contributed by atoms with van der Waals surface area (Å²) >= 11 is 0. The normalized spacial score (nSPS) is 12.4. The minimum atomic E-state index is -4.67. The van der Waals surface area contributed by atoms with Gasteiger partial charge >= 0.3 is 12.1 Å². The molecule has 4 rings (SSSR count). The number of aromatic nitrogens is 3. The van der Waals surface area contributed by atoms with E-state index in [1.807, 2.05) is 71.1 Å². The van der Waals surface area contributed by atoms with Crippen molar-refractivity contribution in [2.75, 3.05) is 13.1 Å². The lowest BCUT2D eigenvalue weighted by molar-refractivity contribution is -0.274. The number of rotatable bonds is 12. The zero-order chi connectivity index (χ0) is 38.2. The third-order valence-electron chi connectivity index (χ3n) is 8.02. The number of nitrogens with zero attached hydrogens (tertiary/aromatic N) is 3. The predicted molar refractivity (Wildman–Crippen MR) is 200 cm³/mol. The van der Waals surface area contributed by atoms with Crippen LogP contribution >= 0.6 is 0 Å². The molecule has 0 bridgehead atoms. The van der Waals surface area contributed by atoms with E-state index in [-0.39, 0.29) is 33.8 Å². The average molecular weight is 713 g/mol. The van der Waals surface area contributed by atoms with Gasteiger partial charge in [0.25, 0.3) is 0 Å². The van der Waals surface area contributed by atoms with Crippen LogP contribution < -0.4 is 32.9 Å². The maximum atomic E-state index is 12.5. The van der Waals surface area contributed by atoms with E-state index >= 15 is 0 Å². The topological polar surface area (TPSA) is 162 Å². The lowest BCUT2D eigenvalue weighted by atomic mass is 9.85. The summed E-state index contributed by atoms with van der Waals surface area (Å²) in [7, 11) is 0. The summed E-state index contributed by atoms with van der Waals surface area (Å²) in [6.45, 7) is 18.3. The second-order valence-electron chi connectivity index (χ2n) is 15.6. The van der Waals surface area contributed by atoms with Gasteiger partial charge in [0.1, 0.15) is 11.4 Å². The van der Waals surface area contributed by atoms with Gasteiger partial charge in [-0.05, 0) is 98.5 Å². The molecule has 0 unspecified atom stereocenters. The molecule has 0 amide bonds. The number of alkyl halides is 3. The number of H-pyrrole nitrogens is 1. The third kappa shape index (κ3) is 14.1. The molecule has 0 radical (unpaired) electrons. The van der Waals surface area contributed by atoms with Crippen LogP contribution in [-0.2, 0) is 23.8 Å². The van der Waals surface area contributed by atoms with Crippen LogP contribution in [0.3, 0.4) is 0 Å². The Morgan fingerprint density at radius 2 is 1.59 bits per heavy atom. The molecule has 0 atom stereocenters. The molecule has 0 aliphatic carbocycles. The van der Waals surface area contributed by atoms with Crippen LogP contribution in [0.5, 0.6) is 5.75 Å². The highest BCUT2D eigenvalue weighted by molar-refractivity contribution is 5.76. The van der Waals surface area contributed by atoms with Gasteiger partial charge in [-0.2, -0.15) is 4.98 Å². The first-order chi connectivity index (χ1) is 23.5. The lowest BCUT2D eigenvalue weighted by Gasteiger charge is -2.22. The summed E-state index contributed by atoms with van der Waals surface area (Å²) in [5.74, 6) is -0.0280. The molecule has 4 aromatic rings. The molecule has 280 valence electrons. The van der Waals surface area contributed by atoms with Gasteiger partial charge in [-0.25, -0.2) is 4.79 Å². The summed E-state index contributed by atoms with van der Waals surface area (Å²) in [6, 6.07) is 14.8. The quantitative estimate of drug-likeness (QED) is 0.0620. The van der Waals surface area contributed by atoms with Crippen molar-refractivity contribution in [3.05, 3.63) is 87.6 Å². The summed E-state index contributed by atoms with van der Waals surface area (Å²) < 4.78 is 43.1. The van der Waals surface area contributed by atoms with Crippen LogP contribution in [0.2, 0.25) is 0 Å². The first kappa shape index (κ1) is 41.1. The van der Waals surface area contributed by atoms with Gasteiger partial charge in [-0.3, -0.25) is 9.56 Å². The largest absolute Gasteiger partial charge is 0.573 e. The Morgan fingerprint density at radius 1 is 0.922 bits per heavy atom. The molecule has 2 aromatic carbocycles. The number of fused-ring (bicyclic) bond motifs is 1. The van der Waals surface area contributed by atoms with Crippen LogP contribution in [0.1, 0.15) is 97.0 Å². The highest BCUT2D eigenvalue weighted by atomic mass is 19.4. The smallest absolute Gasteiger partial charge is 0.406 e. The molecular weight excluding hydrogens is 657 g/mol. The molecule has 0 saturated carbocycles. The molecule has 2 aromatic heterocycles. The summed E-state index contributed by atoms with van der Waals surface area (Å²) in [5.41, 5.74) is 21.0. The van der Waals surface area contributed by atoms with Crippen molar-refractivity contribution in [2.45, 2.75) is 110 Å². The van der Waals surface area contributed by atoms with Crippen LogP contribution in [0, 0.1) is 0 Å². The van der Waals surface area contributed by atoms with E-state index in [9.17, 15) is 18.0 Å². The van der Waals surface area contributed by atoms with Gasteiger partial charge < -0.3 is 32.2 Å². The highest BCUT2D eigenvalue weighted by Crippen LogP contribution is 2.31. The first-order valence-corrected chi connectivity index (χ1v) is 17.2. The number of halogens is 3. The third-order valence-corrected chi connectivity index (χ3v) is 8.02. The van der Waals surface area contributed by atoms with Crippen molar-refractivity contribution >= 4 is 17.0 Å². The van der Waals surface area contributed by atoms with Gasteiger partial charge in [0, 0.05) is 41.3 Å². The molecule has 0 fully saturated rings. The SMILES string of the molecule is CC(C)(C)c1cc2cn(-c3ccc(CNCCCN=C(N)N)cc3)c(=O)nc2[nH]1.CC(C)(N)CCCc1cc(OC(F)(F)F)cc(C(C)(C)C)c1. The molecule has 0 aliphatic rings. The number of ether oxygens (including phenoxy) is 1. The van der Waals surface area contributed by atoms with E-state index in [0.717, 1.165) is 65.8 Å². The molecule has 0 saturated heterocycles. The van der Waals surface area contributed by atoms with Crippen LogP contribution in [0.4, 0.5) is 13.2 Å². The van der Waals surface area contributed by atoms with Gasteiger partial charge in [-0.15, -0.1) is 13.2 Å². The number of aromatic amines is 1. The van der Waals surface area contributed by atoms with Gasteiger partial charge in [0.05, 0.1) is 5.69 Å². The molecule has 8 N–H and O–H groups in total. The van der Waals surface area contributed by atoms with Crippen LogP contribution in [-0.4, -0.2) is 45.5 Å². The van der Waals surface area contributed by atoms with E-state index in [4.69, 9.17) is 17.2 Å². The Balaban J connectivity index is 0.000000287. The first-order valence-electron chi connectivity index (χ1n) is 17.2. The zero-order valence-corrected chi connectivity index (χ0v) is 31.2. The van der Waals surface area contributed by atoms with Crippen molar-refractivity contribution in [1.82, 2.24) is 19.9 Å². The fourth-order valence-electron chi connectivity index (χ4n) is 5.18. The Morgan fingerprint density at radius 3 is 2.16 bits per heavy atom. The number of nitrogens with two attached hydrogens (primary N) is 3. The van der Waals surface area contributed by atoms with Crippen LogP contribution in [0.15, 0.2) is 64.5 Å². The number of hydrogen-bond donors (Lipinski definition) is 5. The van der Waals surface area contributed by atoms with Gasteiger partial charge in [0.15, 0.2) is 5.96 Å². The standard InChI is InChI=1S/C21H29N7O.C17H26F3NO/c1-21(2,3)17-11-15-13-28(20(29)27-18(15)26-17)16-7-5-14(6-8-16)12-24-9-4-10-25-19(22)23;1-15(2,3)13-9-12(7-6-8-16(4,5)21)10-14(11-13)22-17(18,19)20/h5-8,11,13,24H,4,9-10,12H2,1-3H3,(H4,22,23,25)(H,26,27,29);9-11H,6-8,21H2,1-5H3. The summed E-state index contributed by atoms with van der Waals surface area (Å²) in [5, 5.41) is 4.27. The number of aliphatic imine (C=N–C) groups is 1. The summed E-state index contributed by atoms with van der Waals surface area (Å²) in [6.07, 6.45) is 0.341. The maximum absolute atomic E-state index is 12.5. The van der Waals surface area contributed by atoms with Crippen molar-refractivity contribution in [2.24, 2.45) is 22.2 Å². The fourth-order valence-corrected chi connectivity index (χ4v) is 5.18. The number of hydrogen-bond acceptors (Lipinski definition) is 6. The molecule has 0 spiro atoms. The van der Waals surface area contributed by atoms with Gasteiger partial charge in [0.2, 0.25) is 0 Å². The van der Waals surface area contributed by atoms with E-state index in [1.54, 1.807) is 4.57 Å². The van der Waals surface area contributed by atoms with Crippen molar-refractivity contribution in [3.63, 3.8) is 0 Å². The predicted octanol–water partition coefficient (Wildman–Crippen LogP) is 6.71. The van der Waals surface area contributed by atoms with Crippen molar-refractivity contribution in [3.8, 4) is 11.4 Å². The van der Waals surface area contributed by atoms with Crippen molar-refractivity contribution in [1.29, 1.82) is 0 Å². The molecular formula is C38H55F3N8O2. The highest BCUT2D eigenvalue weighted by Gasteiger charge is 2.32. The van der Waals surface area contributed by atoms with E-state index in [2.05, 4.69) is 51.9 Å². The van der Waals surface area contributed by atoms with Gasteiger partial charge in [-0.1, -0.05) is 59.7 Å². The van der Waals surface area contributed by atoms with Crippen LogP contribution in [0.25, 0.3) is 16.7 Å². The molecule has 51 heavy (non-hydrogen) atoms. The molecule has 10 nitrogen and oxygen atoms in total. The Hall–Kier alpha value is -4.36. The second kappa shape index (κ2) is 16.8. The second-order valence-corrected chi connectivity index (χ2v) is 15.6. The average Bonchev–Trinajstić information content (AvgIpc) is 3.41. The monoisotopic (exact) mass is 712 g/mol. The number of aryl methyl sites for hydroxylation is 1. The minimum Gasteiger partial charge on any atom is -0.406 e. The maximum Gasteiger partial charge on any atom is 0.573 e. The Bertz CT molecular complexity index is 1800. The number of nitrogens with one attached hydrogen (secondary N) is 2. The Kier molecular flexibility index (Phi) is 13.5.